The van der Waals surface area contributed by atoms with Gasteiger partial charge in [-0.2, -0.15) is 0 Å². The number of likely N-dealkylation sites (tertiary alicyclic amines) is 1. The summed E-state index contributed by atoms with van der Waals surface area (Å²) in [6.45, 7) is 0.0737. The Labute approximate surface area is 235 Å². The number of rotatable bonds is 9. The second-order valence-corrected chi connectivity index (χ2v) is 11.9. The zero-order valence-electron chi connectivity index (χ0n) is 22.8. The van der Waals surface area contributed by atoms with Gasteiger partial charge in [-0.1, -0.05) is 79.9 Å². The number of fused-ring (bicyclic) bond motifs is 1. The first kappa shape index (κ1) is 27.0. The van der Waals surface area contributed by atoms with Gasteiger partial charge in [0.2, 0.25) is 17.7 Å². The minimum absolute atomic E-state index is 0.0684. The van der Waals surface area contributed by atoms with Gasteiger partial charge in [-0.15, -0.1) is 0 Å². The van der Waals surface area contributed by atoms with E-state index in [1.165, 1.54) is 6.42 Å². The van der Waals surface area contributed by atoms with Crippen LogP contribution in [0.5, 0.6) is 0 Å². The summed E-state index contributed by atoms with van der Waals surface area (Å²) in [5.74, 6) is -2.13. The number of ether oxygens (including phenoxy) is 1. The second kappa shape index (κ2) is 11.3. The molecule has 2 aromatic rings. The molecule has 2 bridgehead atoms. The van der Waals surface area contributed by atoms with Crippen LogP contribution in [0.3, 0.4) is 0 Å². The summed E-state index contributed by atoms with van der Waals surface area (Å²) in [6.07, 6.45) is 6.32. The Hall–Kier alpha value is -3.23. The molecule has 6 rings (SSSR count). The fourth-order valence-electron chi connectivity index (χ4n) is 7.65. The number of hydrogen-bond acceptors (Lipinski definition) is 5. The third-order valence-corrected chi connectivity index (χ3v) is 9.47. The van der Waals surface area contributed by atoms with Gasteiger partial charge in [0.1, 0.15) is 11.6 Å². The fourth-order valence-corrected chi connectivity index (χ4v) is 7.65. The number of hydrogen-bond donors (Lipinski definition) is 3. The molecule has 4 fully saturated rings. The zero-order valence-corrected chi connectivity index (χ0v) is 22.8. The predicted molar refractivity (Wildman–Crippen MR) is 149 cm³/mol. The Morgan fingerprint density at radius 2 is 1.62 bits per heavy atom. The van der Waals surface area contributed by atoms with Crippen molar-refractivity contribution < 1.29 is 24.2 Å². The Morgan fingerprint density at radius 1 is 0.950 bits per heavy atom. The topological polar surface area (TPSA) is 108 Å². The van der Waals surface area contributed by atoms with Crippen LogP contribution in [0.4, 0.5) is 0 Å². The average molecular weight is 546 g/mol. The van der Waals surface area contributed by atoms with Crippen LogP contribution < -0.4 is 10.6 Å². The molecule has 8 nitrogen and oxygen atoms in total. The van der Waals surface area contributed by atoms with Gasteiger partial charge in [0.05, 0.1) is 30.6 Å². The van der Waals surface area contributed by atoms with Crippen molar-refractivity contribution in [1.82, 2.24) is 15.5 Å². The molecule has 1 aliphatic carbocycles. The van der Waals surface area contributed by atoms with Crippen LogP contribution in [0.15, 0.2) is 60.7 Å². The van der Waals surface area contributed by atoms with Gasteiger partial charge < -0.3 is 25.4 Å². The highest BCUT2D eigenvalue weighted by Gasteiger charge is 2.75. The summed E-state index contributed by atoms with van der Waals surface area (Å²) in [5, 5.41) is 16.8. The lowest BCUT2D eigenvalue weighted by Gasteiger charge is -2.38. The number of amides is 3. The molecule has 0 radical (unpaired) electrons. The molecule has 2 aromatic carbocycles. The van der Waals surface area contributed by atoms with Crippen LogP contribution in [0.2, 0.25) is 0 Å². The van der Waals surface area contributed by atoms with E-state index in [9.17, 15) is 19.5 Å². The number of benzene rings is 2. The summed E-state index contributed by atoms with van der Waals surface area (Å²) in [5.41, 5.74) is 0.874. The van der Waals surface area contributed by atoms with E-state index in [1.54, 1.807) is 4.90 Å². The largest absolute Gasteiger partial charge is 0.394 e. The smallest absolute Gasteiger partial charge is 0.246 e. The highest BCUT2D eigenvalue weighted by atomic mass is 16.5. The van der Waals surface area contributed by atoms with Gasteiger partial charge in [-0.25, -0.2) is 0 Å². The third-order valence-electron chi connectivity index (χ3n) is 9.47. The molecule has 4 aliphatic rings. The summed E-state index contributed by atoms with van der Waals surface area (Å²) in [6, 6.07) is 17.9. The van der Waals surface area contributed by atoms with Gasteiger partial charge in [-0.05, 0) is 43.2 Å². The molecule has 3 heterocycles. The minimum Gasteiger partial charge on any atom is -0.394 e. The lowest BCUT2D eigenvalue weighted by atomic mass is 9.70. The molecule has 2 unspecified atom stereocenters. The van der Waals surface area contributed by atoms with E-state index in [1.807, 2.05) is 60.7 Å². The number of carbonyl (C=O) groups is 3. The molecular weight excluding hydrogens is 506 g/mol. The average Bonchev–Trinajstić information content (AvgIpc) is 3.63. The van der Waals surface area contributed by atoms with E-state index in [0.29, 0.717) is 25.8 Å². The Bertz CT molecular complexity index is 1220. The first-order valence-electron chi connectivity index (χ1n) is 14.8. The number of aliphatic hydroxyl groups is 1. The van der Waals surface area contributed by atoms with E-state index < -0.39 is 35.6 Å². The molecule has 3 aliphatic heterocycles. The Morgan fingerprint density at radius 3 is 2.30 bits per heavy atom. The molecule has 3 amide bonds. The summed E-state index contributed by atoms with van der Waals surface area (Å²) in [7, 11) is 0. The van der Waals surface area contributed by atoms with Crippen molar-refractivity contribution in [3.63, 3.8) is 0 Å². The minimum atomic E-state index is -1.07. The molecule has 6 atom stereocenters. The number of carbonyl (C=O) groups excluding carboxylic acids is 3. The Balaban J connectivity index is 1.30. The molecule has 3 N–H and O–H groups in total. The molecule has 40 heavy (non-hydrogen) atoms. The zero-order chi connectivity index (χ0) is 27.7. The summed E-state index contributed by atoms with van der Waals surface area (Å²) in [4.78, 5) is 43.6. The van der Waals surface area contributed by atoms with Gasteiger partial charge in [-0.3, -0.25) is 14.4 Å². The quantitative estimate of drug-likeness (QED) is 0.449. The molecule has 3 saturated heterocycles. The number of nitrogens with one attached hydrogen (secondary N) is 2. The van der Waals surface area contributed by atoms with E-state index in [4.69, 9.17) is 4.74 Å². The van der Waals surface area contributed by atoms with Gasteiger partial charge in [0.15, 0.2) is 0 Å². The molecule has 1 spiro atoms. The van der Waals surface area contributed by atoms with Crippen LogP contribution >= 0.6 is 0 Å². The fraction of sp³-hybridized carbons (Fsp3) is 0.531. The van der Waals surface area contributed by atoms with Gasteiger partial charge >= 0.3 is 0 Å². The van der Waals surface area contributed by atoms with Gasteiger partial charge in [0.25, 0.3) is 0 Å². The van der Waals surface area contributed by atoms with E-state index in [0.717, 1.165) is 36.8 Å². The van der Waals surface area contributed by atoms with Crippen molar-refractivity contribution in [1.29, 1.82) is 0 Å². The Kier molecular flexibility index (Phi) is 7.64. The molecule has 1 saturated carbocycles. The maximum Gasteiger partial charge on any atom is 0.246 e. The van der Waals surface area contributed by atoms with Crippen LogP contribution in [-0.2, 0) is 32.1 Å². The molecule has 212 valence electrons. The second-order valence-electron chi connectivity index (χ2n) is 11.9. The molecule has 0 aromatic heterocycles. The first-order chi connectivity index (χ1) is 19.5. The van der Waals surface area contributed by atoms with Crippen molar-refractivity contribution in [3.05, 3.63) is 71.8 Å². The standard InChI is InChI=1S/C32H39N3O5/c36-20-24(18-21-10-4-1-5-11-21)35-28(30(38)34-23-14-8-3-9-15-23)32-17-16-25(40-32)26(27(32)31(35)39)29(37)33-19-22-12-6-2-7-13-22/h1-2,4-7,10-13,23-28,36H,3,8-9,14-20H2,(H,33,37)(H,34,38)/t24-,25+,26-,27+,28?,32?/m1/s1. The van der Waals surface area contributed by atoms with Crippen molar-refractivity contribution in [3.8, 4) is 0 Å². The van der Waals surface area contributed by atoms with Crippen LogP contribution in [-0.4, -0.2) is 64.2 Å². The highest BCUT2D eigenvalue weighted by Crippen LogP contribution is 2.58. The maximum atomic E-state index is 14.3. The van der Waals surface area contributed by atoms with E-state index >= 15 is 0 Å². The maximum absolute atomic E-state index is 14.3. The van der Waals surface area contributed by atoms with Crippen LogP contribution in [0, 0.1) is 11.8 Å². The summed E-state index contributed by atoms with van der Waals surface area (Å²) >= 11 is 0. The normalized spacial score (nSPS) is 30.2. The summed E-state index contributed by atoms with van der Waals surface area (Å²) < 4.78 is 6.57. The number of aliphatic hydroxyl groups excluding tert-OH is 1. The van der Waals surface area contributed by atoms with Crippen LogP contribution in [0.1, 0.15) is 56.1 Å². The van der Waals surface area contributed by atoms with Crippen LogP contribution in [0.25, 0.3) is 0 Å². The van der Waals surface area contributed by atoms with Gasteiger partial charge in [0, 0.05) is 12.6 Å². The predicted octanol–water partition coefficient (Wildman–Crippen LogP) is 2.73. The third kappa shape index (κ3) is 4.81. The van der Waals surface area contributed by atoms with Crippen molar-refractivity contribution in [2.75, 3.05) is 6.61 Å². The lowest BCUT2D eigenvalue weighted by molar-refractivity contribution is -0.146. The first-order valence-corrected chi connectivity index (χ1v) is 14.8. The SMILES string of the molecule is O=C(NC1CCCCC1)C1N([C@@H](CO)Cc2ccccc2)C(=O)[C@@H]2[C@H](C(=O)NCc3ccccc3)[C@@H]3CCC12O3. The van der Waals surface area contributed by atoms with E-state index in [-0.39, 0.29) is 30.4 Å². The highest BCUT2D eigenvalue weighted by molar-refractivity contribution is 5.99. The van der Waals surface area contributed by atoms with Crippen molar-refractivity contribution in [2.24, 2.45) is 11.8 Å². The monoisotopic (exact) mass is 545 g/mol. The lowest BCUT2D eigenvalue weighted by Crippen LogP contribution is -2.59. The van der Waals surface area contributed by atoms with E-state index in [2.05, 4.69) is 10.6 Å². The number of nitrogens with zero attached hydrogens (tertiary/aromatic N) is 1. The molecular formula is C32H39N3O5. The van der Waals surface area contributed by atoms with Crippen molar-refractivity contribution in [2.45, 2.75) is 87.7 Å². The van der Waals surface area contributed by atoms with Crippen molar-refractivity contribution >= 4 is 17.7 Å². The molecule has 8 heteroatoms.